The Morgan fingerprint density at radius 3 is 3.18 bits per heavy atom. The molecule has 3 heterocycles. The van der Waals surface area contributed by atoms with Crippen LogP contribution in [0.15, 0.2) is 6.20 Å². The van der Waals surface area contributed by atoms with Crippen molar-refractivity contribution < 1.29 is 5.11 Å². The predicted octanol–water partition coefficient (Wildman–Crippen LogP) is 0.347. The maximum absolute atomic E-state index is 10.7. The molecule has 2 atom stereocenters. The third-order valence-corrected chi connectivity index (χ3v) is 4.14. The Morgan fingerprint density at radius 2 is 2.41 bits per heavy atom. The van der Waals surface area contributed by atoms with Crippen LogP contribution in [-0.4, -0.2) is 49.7 Å². The number of aliphatic hydroxyl groups is 1. The standard InChI is InChI=1S/C12H20N4O/c1-15-9-10(13-14-15)7-12(17)4-6-16-5-2-3-11(16)8-12/h9,11,17H,2-8H2,1H3. The minimum absolute atomic E-state index is 0.568. The molecule has 5 heteroatoms. The molecule has 0 radical (unpaired) electrons. The molecule has 94 valence electrons. The summed E-state index contributed by atoms with van der Waals surface area (Å²) in [6.07, 6.45) is 6.82. The SMILES string of the molecule is Cn1cc(CC2(O)CCN3CCCC3C2)nn1. The Morgan fingerprint density at radius 1 is 1.53 bits per heavy atom. The van der Waals surface area contributed by atoms with Crippen LogP contribution < -0.4 is 0 Å². The van der Waals surface area contributed by atoms with E-state index in [-0.39, 0.29) is 0 Å². The van der Waals surface area contributed by atoms with Crippen LogP contribution in [0.25, 0.3) is 0 Å². The smallest absolute Gasteiger partial charge is 0.0855 e. The Kier molecular flexibility index (Phi) is 2.67. The van der Waals surface area contributed by atoms with Gasteiger partial charge in [0, 0.05) is 32.3 Å². The van der Waals surface area contributed by atoms with Crippen LogP contribution in [0.1, 0.15) is 31.4 Å². The molecular weight excluding hydrogens is 216 g/mol. The second-order valence-corrected chi connectivity index (χ2v) is 5.57. The summed E-state index contributed by atoms with van der Waals surface area (Å²) in [7, 11) is 1.86. The summed E-state index contributed by atoms with van der Waals surface area (Å²) in [6, 6.07) is 0.588. The Labute approximate surface area is 101 Å². The van der Waals surface area contributed by atoms with Gasteiger partial charge in [0.1, 0.15) is 0 Å². The zero-order valence-corrected chi connectivity index (χ0v) is 10.3. The molecule has 0 bridgehead atoms. The van der Waals surface area contributed by atoms with Crippen LogP contribution in [0, 0.1) is 0 Å². The first-order chi connectivity index (χ1) is 8.15. The molecule has 2 fully saturated rings. The molecule has 0 amide bonds. The van der Waals surface area contributed by atoms with Crippen LogP contribution in [0.4, 0.5) is 0 Å². The van der Waals surface area contributed by atoms with E-state index in [0.717, 1.165) is 25.1 Å². The van der Waals surface area contributed by atoms with Crippen molar-refractivity contribution in [2.45, 2.75) is 43.7 Å². The highest BCUT2D eigenvalue weighted by Gasteiger charge is 2.40. The molecule has 1 N–H and O–H groups in total. The molecular formula is C12H20N4O. The van der Waals surface area contributed by atoms with Crippen LogP contribution in [0.5, 0.6) is 0 Å². The van der Waals surface area contributed by atoms with Crippen LogP contribution in [-0.2, 0) is 13.5 Å². The molecule has 2 unspecified atom stereocenters. The van der Waals surface area contributed by atoms with E-state index in [9.17, 15) is 5.11 Å². The Bertz CT molecular complexity index is 405. The van der Waals surface area contributed by atoms with Crippen molar-refractivity contribution in [3.05, 3.63) is 11.9 Å². The van der Waals surface area contributed by atoms with E-state index in [0.29, 0.717) is 12.5 Å². The van der Waals surface area contributed by atoms with Crippen molar-refractivity contribution in [3.8, 4) is 0 Å². The second kappa shape index (κ2) is 4.07. The van der Waals surface area contributed by atoms with Gasteiger partial charge in [-0.05, 0) is 32.2 Å². The highest BCUT2D eigenvalue weighted by Crippen LogP contribution is 2.34. The third-order valence-electron chi connectivity index (χ3n) is 4.14. The van der Waals surface area contributed by atoms with E-state index in [1.807, 2.05) is 13.2 Å². The number of hydrogen-bond acceptors (Lipinski definition) is 4. The normalized spacial score (nSPS) is 33.9. The first-order valence-corrected chi connectivity index (χ1v) is 6.46. The Balaban J connectivity index is 1.69. The van der Waals surface area contributed by atoms with Gasteiger partial charge in [-0.25, -0.2) is 0 Å². The number of fused-ring (bicyclic) bond motifs is 1. The van der Waals surface area contributed by atoms with E-state index in [2.05, 4.69) is 15.2 Å². The second-order valence-electron chi connectivity index (χ2n) is 5.57. The molecule has 0 spiro atoms. The number of aryl methyl sites for hydroxylation is 1. The first kappa shape index (κ1) is 11.2. The maximum Gasteiger partial charge on any atom is 0.0855 e. The number of rotatable bonds is 2. The topological polar surface area (TPSA) is 54.2 Å². The fraction of sp³-hybridized carbons (Fsp3) is 0.833. The van der Waals surface area contributed by atoms with Crippen LogP contribution in [0.2, 0.25) is 0 Å². The lowest BCUT2D eigenvalue weighted by molar-refractivity contribution is -0.0360. The molecule has 2 aliphatic heterocycles. The van der Waals surface area contributed by atoms with Crippen molar-refractivity contribution in [2.75, 3.05) is 13.1 Å². The number of hydrogen-bond donors (Lipinski definition) is 1. The summed E-state index contributed by atoms with van der Waals surface area (Å²) in [6.45, 7) is 2.24. The highest BCUT2D eigenvalue weighted by molar-refractivity contribution is 5.04. The van der Waals surface area contributed by atoms with E-state index < -0.39 is 5.60 Å². The van der Waals surface area contributed by atoms with Gasteiger partial charge in [0.2, 0.25) is 0 Å². The number of piperidine rings is 1. The fourth-order valence-corrected chi connectivity index (χ4v) is 3.29. The largest absolute Gasteiger partial charge is 0.389 e. The average molecular weight is 236 g/mol. The zero-order chi connectivity index (χ0) is 11.9. The number of nitrogens with zero attached hydrogens (tertiary/aromatic N) is 4. The number of aromatic nitrogens is 3. The van der Waals surface area contributed by atoms with Crippen molar-refractivity contribution in [1.29, 1.82) is 0 Å². The zero-order valence-electron chi connectivity index (χ0n) is 10.3. The van der Waals surface area contributed by atoms with Gasteiger partial charge in [0.25, 0.3) is 0 Å². The van der Waals surface area contributed by atoms with Crippen molar-refractivity contribution in [1.82, 2.24) is 19.9 Å². The molecule has 2 aliphatic rings. The summed E-state index contributed by atoms with van der Waals surface area (Å²) < 4.78 is 1.70. The third kappa shape index (κ3) is 2.21. The van der Waals surface area contributed by atoms with Crippen LogP contribution in [0.3, 0.4) is 0 Å². The van der Waals surface area contributed by atoms with Gasteiger partial charge < -0.3 is 10.0 Å². The summed E-state index contributed by atoms with van der Waals surface area (Å²) in [5, 5.41) is 18.7. The minimum atomic E-state index is -0.568. The molecule has 0 aliphatic carbocycles. The lowest BCUT2D eigenvalue weighted by atomic mass is 9.83. The molecule has 3 rings (SSSR count). The summed E-state index contributed by atoms with van der Waals surface area (Å²) in [5.41, 5.74) is 0.336. The minimum Gasteiger partial charge on any atom is -0.389 e. The quantitative estimate of drug-likeness (QED) is 0.805. The summed E-state index contributed by atoms with van der Waals surface area (Å²) in [4.78, 5) is 2.52. The molecule has 1 aromatic rings. The van der Waals surface area contributed by atoms with Gasteiger partial charge >= 0.3 is 0 Å². The molecule has 2 saturated heterocycles. The molecule has 5 nitrogen and oxygen atoms in total. The summed E-state index contributed by atoms with van der Waals surface area (Å²) >= 11 is 0. The lowest BCUT2D eigenvalue weighted by Gasteiger charge is -2.40. The van der Waals surface area contributed by atoms with Gasteiger partial charge in [-0.15, -0.1) is 5.10 Å². The molecule has 1 aromatic heterocycles. The Hall–Kier alpha value is -0.940. The average Bonchev–Trinajstić information content (AvgIpc) is 2.86. The van der Waals surface area contributed by atoms with Gasteiger partial charge in [-0.2, -0.15) is 0 Å². The van der Waals surface area contributed by atoms with Gasteiger partial charge in [-0.1, -0.05) is 5.21 Å². The van der Waals surface area contributed by atoms with Crippen molar-refractivity contribution >= 4 is 0 Å². The maximum atomic E-state index is 10.7. The van der Waals surface area contributed by atoms with E-state index in [1.165, 1.54) is 19.4 Å². The predicted molar refractivity (Wildman–Crippen MR) is 63.5 cm³/mol. The lowest BCUT2D eigenvalue weighted by Crippen LogP contribution is -2.48. The highest BCUT2D eigenvalue weighted by atomic mass is 16.3. The molecule has 0 saturated carbocycles. The van der Waals surface area contributed by atoms with Gasteiger partial charge in [0.05, 0.1) is 11.3 Å². The van der Waals surface area contributed by atoms with Gasteiger partial charge in [0.15, 0.2) is 0 Å². The molecule has 0 aromatic carbocycles. The fourth-order valence-electron chi connectivity index (χ4n) is 3.29. The summed E-state index contributed by atoms with van der Waals surface area (Å²) in [5.74, 6) is 0. The van der Waals surface area contributed by atoms with Crippen molar-refractivity contribution in [2.24, 2.45) is 7.05 Å². The molecule has 17 heavy (non-hydrogen) atoms. The first-order valence-electron chi connectivity index (χ1n) is 6.46. The van der Waals surface area contributed by atoms with Crippen LogP contribution >= 0.6 is 0 Å². The van der Waals surface area contributed by atoms with E-state index in [1.54, 1.807) is 4.68 Å². The van der Waals surface area contributed by atoms with E-state index in [4.69, 9.17) is 0 Å². The van der Waals surface area contributed by atoms with Crippen molar-refractivity contribution in [3.63, 3.8) is 0 Å². The van der Waals surface area contributed by atoms with E-state index >= 15 is 0 Å². The monoisotopic (exact) mass is 236 g/mol. The van der Waals surface area contributed by atoms with Gasteiger partial charge in [-0.3, -0.25) is 4.68 Å².